The topological polar surface area (TPSA) is 42.0 Å². The number of nitrogens with zero attached hydrogens (tertiary/aromatic N) is 1. The maximum Gasteiger partial charge on any atom is 0.224 e. The number of carbonyl (C=O) groups is 1. The average molecular weight is 246 g/mol. The van der Waals surface area contributed by atoms with Crippen molar-refractivity contribution in [3.05, 3.63) is 46.4 Å². The predicted octanol–water partition coefficient (Wildman–Crippen LogP) is 3.02. The van der Waals surface area contributed by atoms with Gasteiger partial charge in [0.15, 0.2) is 0 Å². The maximum absolute atomic E-state index is 11.7. The molecular formula is C13H14N2OS. The van der Waals surface area contributed by atoms with Crippen LogP contribution in [0.15, 0.2) is 35.2 Å². The zero-order valence-electron chi connectivity index (χ0n) is 9.64. The largest absolute Gasteiger partial charge is 0.326 e. The van der Waals surface area contributed by atoms with Crippen LogP contribution in [-0.4, -0.2) is 10.9 Å². The van der Waals surface area contributed by atoms with Crippen molar-refractivity contribution in [3.8, 4) is 0 Å². The van der Waals surface area contributed by atoms with Crippen molar-refractivity contribution in [1.29, 1.82) is 0 Å². The Kier molecular flexibility index (Phi) is 3.88. The standard InChI is InChI=1S/C13H14N2OS/c1-10-3-2-4-11(7-10)15-13(16)6-5-12-8-17-9-14-12/h2-4,7-9H,5-6H2,1H3,(H,15,16). The molecule has 1 N–H and O–H groups in total. The van der Waals surface area contributed by atoms with Gasteiger partial charge in [0, 0.05) is 17.5 Å². The fourth-order valence-electron chi connectivity index (χ4n) is 1.55. The molecule has 1 heterocycles. The van der Waals surface area contributed by atoms with Crippen LogP contribution >= 0.6 is 11.3 Å². The minimum absolute atomic E-state index is 0.0311. The second-order valence-corrected chi connectivity index (χ2v) is 4.62. The van der Waals surface area contributed by atoms with Crippen LogP contribution in [0.1, 0.15) is 17.7 Å². The molecule has 0 spiro atoms. The van der Waals surface area contributed by atoms with Crippen molar-refractivity contribution in [2.45, 2.75) is 19.8 Å². The molecule has 3 nitrogen and oxygen atoms in total. The summed E-state index contributed by atoms with van der Waals surface area (Å²) in [5.74, 6) is 0.0311. The summed E-state index contributed by atoms with van der Waals surface area (Å²) in [4.78, 5) is 15.8. The van der Waals surface area contributed by atoms with Gasteiger partial charge in [0.25, 0.3) is 0 Å². The van der Waals surface area contributed by atoms with Gasteiger partial charge in [-0.1, -0.05) is 12.1 Å². The molecule has 0 unspecified atom stereocenters. The first kappa shape index (κ1) is 11.8. The Labute approximate surface area is 105 Å². The van der Waals surface area contributed by atoms with Gasteiger partial charge in [0.05, 0.1) is 11.2 Å². The lowest BCUT2D eigenvalue weighted by Crippen LogP contribution is -2.12. The number of benzene rings is 1. The van der Waals surface area contributed by atoms with Crippen LogP contribution in [0.5, 0.6) is 0 Å². The molecule has 0 radical (unpaired) electrons. The van der Waals surface area contributed by atoms with Crippen LogP contribution in [-0.2, 0) is 11.2 Å². The number of thiazole rings is 1. The van der Waals surface area contributed by atoms with Crippen LogP contribution in [0.4, 0.5) is 5.69 Å². The molecule has 0 aliphatic heterocycles. The van der Waals surface area contributed by atoms with E-state index in [0.717, 1.165) is 16.9 Å². The van der Waals surface area contributed by atoms with Crippen LogP contribution in [0, 0.1) is 6.92 Å². The Hall–Kier alpha value is -1.68. The summed E-state index contributed by atoms with van der Waals surface area (Å²) in [5.41, 5.74) is 4.76. The van der Waals surface area contributed by atoms with E-state index in [4.69, 9.17) is 0 Å². The third-order valence-corrected chi connectivity index (χ3v) is 3.03. The van der Waals surface area contributed by atoms with Gasteiger partial charge in [-0.15, -0.1) is 11.3 Å². The first-order valence-corrected chi connectivity index (χ1v) is 6.42. The molecule has 2 rings (SSSR count). The molecule has 17 heavy (non-hydrogen) atoms. The molecule has 1 amide bonds. The number of rotatable bonds is 4. The summed E-state index contributed by atoms with van der Waals surface area (Å²) in [6.45, 7) is 2.00. The normalized spacial score (nSPS) is 10.2. The predicted molar refractivity (Wildman–Crippen MR) is 70.2 cm³/mol. The fraction of sp³-hybridized carbons (Fsp3) is 0.231. The van der Waals surface area contributed by atoms with E-state index in [9.17, 15) is 4.79 Å². The van der Waals surface area contributed by atoms with E-state index in [1.54, 1.807) is 16.8 Å². The Morgan fingerprint density at radius 2 is 2.35 bits per heavy atom. The average Bonchev–Trinajstić information content (AvgIpc) is 2.79. The van der Waals surface area contributed by atoms with Crippen LogP contribution in [0.3, 0.4) is 0 Å². The number of aryl methyl sites for hydroxylation is 2. The molecule has 0 aliphatic rings. The van der Waals surface area contributed by atoms with Gasteiger partial charge in [-0.25, -0.2) is 4.98 Å². The van der Waals surface area contributed by atoms with Gasteiger partial charge in [-0.2, -0.15) is 0 Å². The van der Waals surface area contributed by atoms with E-state index in [0.29, 0.717) is 12.8 Å². The van der Waals surface area contributed by atoms with Crippen molar-refractivity contribution < 1.29 is 4.79 Å². The molecule has 0 saturated heterocycles. The molecule has 4 heteroatoms. The number of hydrogen-bond acceptors (Lipinski definition) is 3. The monoisotopic (exact) mass is 246 g/mol. The van der Waals surface area contributed by atoms with E-state index in [1.165, 1.54) is 0 Å². The summed E-state index contributed by atoms with van der Waals surface area (Å²) >= 11 is 1.55. The molecule has 1 aromatic heterocycles. The van der Waals surface area contributed by atoms with Crippen molar-refractivity contribution >= 4 is 22.9 Å². The lowest BCUT2D eigenvalue weighted by atomic mass is 10.2. The van der Waals surface area contributed by atoms with E-state index in [1.807, 2.05) is 36.6 Å². The lowest BCUT2D eigenvalue weighted by Gasteiger charge is -2.05. The van der Waals surface area contributed by atoms with Crippen LogP contribution < -0.4 is 5.32 Å². The number of anilines is 1. The van der Waals surface area contributed by atoms with Crippen molar-refractivity contribution in [1.82, 2.24) is 4.98 Å². The highest BCUT2D eigenvalue weighted by atomic mass is 32.1. The van der Waals surface area contributed by atoms with E-state index in [2.05, 4.69) is 10.3 Å². The lowest BCUT2D eigenvalue weighted by molar-refractivity contribution is -0.116. The van der Waals surface area contributed by atoms with Crippen molar-refractivity contribution in [2.24, 2.45) is 0 Å². The maximum atomic E-state index is 11.7. The number of aromatic nitrogens is 1. The molecule has 0 fully saturated rings. The van der Waals surface area contributed by atoms with Crippen LogP contribution in [0.2, 0.25) is 0 Å². The van der Waals surface area contributed by atoms with Crippen molar-refractivity contribution in [3.63, 3.8) is 0 Å². The number of carbonyl (C=O) groups excluding carboxylic acids is 1. The number of nitrogens with one attached hydrogen (secondary N) is 1. The minimum atomic E-state index is 0.0311. The van der Waals surface area contributed by atoms with Gasteiger partial charge >= 0.3 is 0 Å². The second-order valence-electron chi connectivity index (χ2n) is 3.90. The highest BCUT2D eigenvalue weighted by Gasteiger charge is 2.04. The highest BCUT2D eigenvalue weighted by Crippen LogP contribution is 2.10. The Balaban J connectivity index is 1.85. The molecule has 0 bridgehead atoms. The summed E-state index contributed by atoms with van der Waals surface area (Å²) in [5, 5.41) is 4.85. The zero-order valence-corrected chi connectivity index (χ0v) is 10.5. The van der Waals surface area contributed by atoms with Gasteiger partial charge in [0.1, 0.15) is 0 Å². The number of amides is 1. The van der Waals surface area contributed by atoms with Gasteiger partial charge in [-0.3, -0.25) is 4.79 Å². The Morgan fingerprint density at radius 1 is 1.47 bits per heavy atom. The SMILES string of the molecule is Cc1cccc(NC(=O)CCc2cscn2)c1. The van der Waals surface area contributed by atoms with Crippen LogP contribution in [0.25, 0.3) is 0 Å². The Morgan fingerprint density at radius 3 is 3.06 bits per heavy atom. The van der Waals surface area contributed by atoms with E-state index >= 15 is 0 Å². The first-order chi connectivity index (χ1) is 8.24. The highest BCUT2D eigenvalue weighted by molar-refractivity contribution is 7.07. The molecule has 2 aromatic rings. The molecule has 0 aliphatic carbocycles. The molecule has 0 saturated carbocycles. The molecule has 88 valence electrons. The van der Waals surface area contributed by atoms with Crippen molar-refractivity contribution in [2.75, 3.05) is 5.32 Å². The van der Waals surface area contributed by atoms with Gasteiger partial charge < -0.3 is 5.32 Å². The zero-order chi connectivity index (χ0) is 12.1. The van der Waals surface area contributed by atoms with E-state index < -0.39 is 0 Å². The van der Waals surface area contributed by atoms with E-state index in [-0.39, 0.29) is 5.91 Å². The van der Waals surface area contributed by atoms with Gasteiger partial charge in [-0.05, 0) is 31.0 Å². The second kappa shape index (κ2) is 5.59. The van der Waals surface area contributed by atoms with Gasteiger partial charge in [0.2, 0.25) is 5.91 Å². The fourth-order valence-corrected chi connectivity index (χ4v) is 2.14. The quantitative estimate of drug-likeness (QED) is 0.901. The summed E-state index contributed by atoms with van der Waals surface area (Å²) in [6.07, 6.45) is 1.17. The summed E-state index contributed by atoms with van der Waals surface area (Å²) < 4.78 is 0. The summed E-state index contributed by atoms with van der Waals surface area (Å²) in [6, 6.07) is 7.80. The molecule has 1 aromatic carbocycles. The summed E-state index contributed by atoms with van der Waals surface area (Å²) in [7, 11) is 0. The number of hydrogen-bond donors (Lipinski definition) is 1. The Bertz CT molecular complexity index is 494. The molecule has 0 atom stereocenters. The third-order valence-electron chi connectivity index (χ3n) is 2.39. The first-order valence-electron chi connectivity index (χ1n) is 5.47. The smallest absolute Gasteiger partial charge is 0.224 e. The minimum Gasteiger partial charge on any atom is -0.326 e. The molecular weight excluding hydrogens is 232 g/mol. The third kappa shape index (κ3) is 3.67.